The molecule has 1 aromatic rings. The maximum Gasteiger partial charge on any atom is 0.0681 e. The van der Waals surface area contributed by atoms with E-state index in [1.54, 1.807) is 0 Å². The van der Waals surface area contributed by atoms with Crippen LogP contribution in [0.1, 0.15) is 30.9 Å². The lowest BCUT2D eigenvalue weighted by atomic mass is 9.98. The second kappa shape index (κ2) is 4.88. The molecule has 1 aliphatic rings. The molecule has 1 aromatic carbocycles. The van der Waals surface area contributed by atoms with Crippen molar-refractivity contribution in [1.82, 2.24) is 0 Å². The molecule has 0 radical (unpaired) electrons. The van der Waals surface area contributed by atoms with Gasteiger partial charge in [-0.25, -0.2) is 0 Å². The summed E-state index contributed by atoms with van der Waals surface area (Å²) in [6.07, 6.45) is 2.65. The first-order chi connectivity index (χ1) is 7.70. The minimum Gasteiger partial charge on any atom is -0.392 e. The van der Waals surface area contributed by atoms with Crippen molar-refractivity contribution >= 4 is 5.69 Å². The van der Waals surface area contributed by atoms with Gasteiger partial charge in [0.1, 0.15) is 0 Å². The van der Waals surface area contributed by atoms with Gasteiger partial charge in [0.05, 0.1) is 6.61 Å². The third kappa shape index (κ3) is 2.38. The van der Waals surface area contributed by atoms with Crippen molar-refractivity contribution in [3.63, 3.8) is 0 Å². The van der Waals surface area contributed by atoms with E-state index in [1.807, 2.05) is 6.07 Å². The van der Waals surface area contributed by atoms with Crippen LogP contribution in [-0.2, 0) is 6.61 Å². The zero-order valence-electron chi connectivity index (χ0n) is 10.2. The van der Waals surface area contributed by atoms with E-state index in [0.29, 0.717) is 0 Å². The van der Waals surface area contributed by atoms with Crippen LogP contribution in [0.25, 0.3) is 0 Å². The van der Waals surface area contributed by atoms with Gasteiger partial charge in [-0.15, -0.1) is 0 Å². The minimum absolute atomic E-state index is 0.136. The Morgan fingerprint density at radius 1 is 1.44 bits per heavy atom. The number of aliphatic hydroxyl groups is 1. The van der Waals surface area contributed by atoms with Gasteiger partial charge in [-0.05, 0) is 42.9 Å². The van der Waals surface area contributed by atoms with E-state index < -0.39 is 0 Å². The highest BCUT2D eigenvalue weighted by molar-refractivity contribution is 5.54. The fourth-order valence-electron chi connectivity index (χ4n) is 2.58. The number of hydrogen-bond acceptors (Lipinski definition) is 2. The molecule has 88 valence electrons. The molecule has 0 amide bonds. The predicted molar refractivity (Wildman–Crippen MR) is 67.7 cm³/mol. The largest absolute Gasteiger partial charge is 0.392 e. The van der Waals surface area contributed by atoms with Crippen LogP contribution in [0.4, 0.5) is 5.69 Å². The van der Waals surface area contributed by atoms with E-state index in [2.05, 4.69) is 30.9 Å². The molecule has 1 unspecified atom stereocenters. The summed E-state index contributed by atoms with van der Waals surface area (Å²) in [5.74, 6) is 0.797. The maximum atomic E-state index is 9.09. The number of anilines is 1. The summed E-state index contributed by atoms with van der Waals surface area (Å²) >= 11 is 0. The van der Waals surface area contributed by atoms with E-state index in [0.717, 1.165) is 11.5 Å². The summed E-state index contributed by atoms with van der Waals surface area (Å²) in [4.78, 5) is 2.48. The summed E-state index contributed by atoms with van der Waals surface area (Å²) in [5.41, 5.74) is 3.62. The van der Waals surface area contributed by atoms with Gasteiger partial charge in [-0.3, -0.25) is 0 Å². The molecule has 1 N–H and O–H groups in total. The van der Waals surface area contributed by atoms with Gasteiger partial charge in [0.15, 0.2) is 0 Å². The number of piperidine rings is 1. The van der Waals surface area contributed by atoms with E-state index in [9.17, 15) is 0 Å². The lowest BCUT2D eigenvalue weighted by Gasteiger charge is -2.34. The van der Waals surface area contributed by atoms with Crippen LogP contribution in [0.3, 0.4) is 0 Å². The Morgan fingerprint density at radius 3 is 2.88 bits per heavy atom. The first-order valence-corrected chi connectivity index (χ1v) is 6.16. The highest BCUT2D eigenvalue weighted by Gasteiger charge is 2.17. The molecule has 0 aliphatic carbocycles. The normalized spacial score (nSPS) is 21.2. The van der Waals surface area contributed by atoms with Gasteiger partial charge in [0, 0.05) is 18.8 Å². The van der Waals surface area contributed by atoms with Crippen LogP contribution in [0.2, 0.25) is 0 Å². The molecular weight excluding hydrogens is 198 g/mol. The van der Waals surface area contributed by atoms with Crippen LogP contribution < -0.4 is 4.90 Å². The van der Waals surface area contributed by atoms with Crippen LogP contribution in [0, 0.1) is 12.8 Å². The molecule has 2 heteroatoms. The van der Waals surface area contributed by atoms with Crippen LogP contribution in [0.15, 0.2) is 18.2 Å². The fourth-order valence-corrected chi connectivity index (χ4v) is 2.58. The number of rotatable bonds is 2. The quantitative estimate of drug-likeness (QED) is 0.826. The summed E-state index contributed by atoms with van der Waals surface area (Å²) in [5, 5.41) is 9.09. The second-order valence-electron chi connectivity index (χ2n) is 4.97. The fraction of sp³-hybridized carbons (Fsp3) is 0.571. The van der Waals surface area contributed by atoms with Crippen molar-refractivity contribution in [3.05, 3.63) is 29.3 Å². The van der Waals surface area contributed by atoms with Crippen molar-refractivity contribution < 1.29 is 5.11 Å². The molecule has 2 rings (SSSR count). The van der Waals surface area contributed by atoms with Crippen molar-refractivity contribution in [2.75, 3.05) is 18.0 Å². The molecular formula is C14H21NO. The van der Waals surface area contributed by atoms with Crippen LogP contribution >= 0.6 is 0 Å². The predicted octanol–water partition coefficient (Wildman–Crippen LogP) is 2.72. The van der Waals surface area contributed by atoms with Gasteiger partial charge in [0.2, 0.25) is 0 Å². The molecule has 1 aliphatic heterocycles. The monoisotopic (exact) mass is 219 g/mol. The van der Waals surface area contributed by atoms with Crippen molar-refractivity contribution in [1.29, 1.82) is 0 Å². The zero-order valence-corrected chi connectivity index (χ0v) is 10.2. The molecule has 0 aromatic heterocycles. The van der Waals surface area contributed by atoms with E-state index in [4.69, 9.17) is 5.11 Å². The van der Waals surface area contributed by atoms with Crippen LogP contribution in [-0.4, -0.2) is 18.2 Å². The highest BCUT2D eigenvalue weighted by atomic mass is 16.3. The number of aryl methyl sites for hydroxylation is 1. The topological polar surface area (TPSA) is 23.5 Å². The summed E-state index contributed by atoms with van der Waals surface area (Å²) < 4.78 is 0. The maximum absolute atomic E-state index is 9.09. The van der Waals surface area contributed by atoms with Gasteiger partial charge in [-0.2, -0.15) is 0 Å². The Kier molecular flexibility index (Phi) is 3.49. The van der Waals surface area contributed by atoms with Crippen molar-refractivity contribution in [2.45, 2.75) is 33.3 Å². The average molecular weight is 219 g/mol. The standard InChI is InChI=1S/C14H21NO/c1-11-4-3-7-15(9-11)14-6-5-13(10-16)8-12(14)2/h5-6,8,11,16H,3-4,7,9-10H2,1-2H3. The number of aliphatic hydroxyl groups excluding tert-OH is 1. The second-order valence-corrected chi connectivity index (χ2v) is 4.97. The minimum atomic E-state index is 0.136. The van der Waals surface area contributed by atoms with Gasteiger partial charge < -0.3 is 10.0 Å². The molecule has 1 atom stereocenters. The third-order valence-corrected chi connectivity index (χ3v) is 3.44. The van der Waals surface area contributed by atoms with Crippen LogP contribution in [0.5, 0.6) is 0 Å². The summed E-state index contributed by atoms with van der Waals surface area (Å²) in [6.45, 7) is 6.93. The molecule has 0 spiro atoms. The summed E-state index contributed by atoms with van der Waals surface area (Å²) in [6, 6.07) is 6.27. The van der Waals surface area contributed by atoms with Gasteiger partial charge in [0.25, 0.3) is 0 Å². The first kappa shape index (κ1) is 11.5. The number of benzene rings is 1. The molecule has 1 heterocycles. The lowest BCUT2D eigenvalue weighted by Crippen LogP contribution is -2.34. The Bertz CT molecular complexity index is 362. The zero-order chi connectivity index (χ0) is 11.5. The van der Waals surface area contributed by atoms with Crippen molar-refractivity contribution in [3.8, 4) is 0 Å². The van der Waals surface area contributed by atoms with Gasteiger partial charge in [-0.1, -0.05) is 19.1 Å². The summed E-state index contributed by atoms with van der Waals surface area (Å²) in [7, 11) is 0. The Balaban J connectivity index is 2.19. The molecule has 0 bridgehead atoms. The molecule has 1 saturated heterocycles. The Labute approximate surface area is 97.9 Å². The van der Waals surface area contributed by atoms with Crippen molar-refractivity contribution in [2.24, 2.45) is 5.92 Å². The van der Waals surface area contributed by atoms with Gasteiger partial charge >= 0.3 is 0 Å². The number of nitrogens with zero attached hydrogens (tertiary/aromatic N) is 1. The molecule has 16 heavy (non-hydrogen) atoms. The highest BCUT2D eigenvalue weighted by Crippen LogP contribution is 2.26. The molecule has 2 nitrogen and oxygen atoms in total. The van der Waals surface area contributed by atoms with E-state index in [1.165, 1.54) is 37.2 Å². The van der Waals surface area contributed by atoms with E-state index in [-0.39, 0.29) is 6.61 Å². The SMILES string of the molecule is Cc1cc(CO)ccc1N1CCCC(C)C1. The Hall–Kier alpha value is -1.02. The number of hydrogen-bond donors (Lipinski definition) is 1. The smallest absolute Gasteiger partial charge is 0.0681 e. The van der Waals surface area contributed by atoms with E-state index >= 15 is 0 Å². The Morgan fingerprint density at radius 2 is 2.25 bits per heavy atom. The third-order valence-electron chi connectivity index (χ3n) is 3.44. The first-order valence-electron chi connectivity index (χ1n) is 6.16. The average Bonchev–Trinajstić information content (AvgIpc) is 2.28. The molecule has 0 saturated carbocycles. The lowest BCUT2D eigenvalue weighted by molar-refractivity contribution is 0.282. The molecule has 1 fully saturated rings.